The highest BCUT2D eigenvalue weighted by Gasteiger charge is 2.14. The molecule has 5 nitrogen and oxygen atoms in total. The molecular weight excluding hydrogens is 256 g/mol. The van der Waals surface area contributed by atoms with Gasteiger partial charge in [-0.1, -0.05) is 6.07 Å². The highest BCUT2D eigenvalue weighted by Crippen LogP contribution is 2.32. The number of benzene rings is 2. The van der Waals surface area contributed by atoms with E-state index in [0.29, 0.717) is 16.5 Å². The predicted octanol–water partition coefficient (Wildman–Crippen LogP) is 2.84. The van der Waals surface area contributed by atoms with Crippen LogP contribution in [0.1, 0.15) is 5.56 Å². The molecule has 0 amide bonds. The Labute approximate surface area is 112 Å². The van der Waals surface area contributed by atoms with Gasteiger partial charge in [0, 0.05) is 21.7 Å². The van der Waals surface area contributed by atoms with Gasteiger partial charge in [-0.15, -0.1) is 0 Å². The van der Waals surface area contributed by atoms with Crippen molar-refractivity contribution in [2.24, 2.45) is 0 Å². The van der Waals surface area contributed by atoms with Gasteiger partial charge in [0.2, 0.25) is 0 Å². The summed E-state index contributed by atoms with van der Waals surface area (Å²) in [6.07, 6.45) is 1.62. The Morgan fingerprint density at radius 2 is 1.95 bits per heavy atom. The third kappa shape index (κ3) is 1.26. The van der Waals surface area contributed by atoms with E-state index in [1.165, 1.54) is 0 Å². The number of hydrogen-bond donors (Lipinski definition) is 2. The molecule has 0 fully saturated rings. The van der Waals surface area contributed by atoms with Gasteiger partial charge in [0.05, 0.1) is 17.1 Å². The molecule has 0 saturated heterocycles. The molecule has 4 rings (SSSR count). The van der Waals surface area contributed by atoms with Crippen molar-refractivity contribution in [1.82, 2.24) is 10.2 Å². The van der Waals surface area contributed by atoms with Crippen LogP contribution in [-0.2, 0) is 0 Å². The van der Waals surface area contributed by atoms with E-state index in [1.807, 2.05) is 12.1 Å². The van der Waals surface area contributed by atoms with Crippen molar-refractivity contribution < 1.29 is 9.52 Å². The van der Waals surface area contributed by atoms with Gasteiger partial charge in [-0.25, -0.2) is 4.79 Å². The molecule has 0 unspecified atom stereocenters. The minimum atomic E-state index is -0.423. The molecule has 0 saturated carbocycles. The zero-order valence-corrected chi connectivity index (χ0v) is 10.6. The molecule has 2 N–H and O–H groups in total. The molecule has 5 heteroatoms. The molecule has 4 aromatic rings. The SMILES string of the molecule is Cc1c(O)ccc2c1oc(=O)c1c3cn[nH]c3ccc21. The van der Waals surface area contributed by atoms with E-state index in [1.54, 1.807) is 25.3 Å². The van der Waals surface area contributed by atoms with Crippen molar-refractivity contribution in [1.29, 1.82) is 0 Å². The van der Waals surface area contributed by atoms with Crippen LogP contribution in [0, 0.1) is 6.92 Å². The van der Waals surface area contributed by atoms with Gasteiger partial charge < -0.3 is 9.52 Å². The molecule has 2 aromatic carbocycles. The molecule has 0 aliphatic carbocycles. The maximum absolute atomic E-state index is 12.3. The molecule has 0 radical (unpaired) electrons. The summed E-state index contributed by atoms with van der Waals surface area (Å²) < 4.78 is 5.41. The van der Waals surface area contributed by atoms with Crippen molar-refractivity contribution in [2.75, 3.05) is 0 Å². The van der Waals surface area contributed by atoms with Crippen LogP contribution in [0.5, 0.6) is 5.75 Å². The lowest BCUT2D eigenvalue weighted by Crippen LogP contribution is -2.01. The van der Waals surface area contributed by atoms with E-state index in [0.717, 1.165) is 21.7 Å². The first-order chi connectivity index (χ1) is 9.66. The Balaban J connectivity index is 2.37. The van der Waals surface area contributed by atoms with Gasteiger partial charge in [0.15, 0.2) is 0 Å². The summed E-state index contributed by atoms with van der Waals surface area (Å²) in [4.78, 5) is 12.3. The summed E-state index contributed by atoms with van der Waals surface area (Å²) >= 11 is 0. The fourth-order valence-electron chi connectivity index (χ4n) is 2.63. The molecule has 98 valence electrons. The lowest BCUT2D eigenvalue weighted by atomic mass is 10.0. The molecule has 20 heavy (non-hydrogen) atoms. The minimum Gasteiger partial charge on any atom is -0.508 e. The van der Waals surface area contributed by atoms with Gasteiger partial charge in [-0.05, 0) is 25.1 Å². The number of hydrogen-bond acceptors (Lipinski definition) is 4. The van der Waals surface area contributed by atoms with Crippen LogP contribution in [0.15, 0.2) is 39.7 Å². The highest BCUT2D eigenvalue weighted by molar-refractivity contribution is 6.14. The molecule has 2 heterocycles. The van der Waals surface area contributed by atoms with Crippen LogP contribution in [0.25, 0.3) is 32.6 Å². The third-order valence-electron chi connectivity index (χ3n) is 3.69. The quantitative estimate of drug-likeness (QED) is 0.379. The van der Waals surface area contributed by atoms with Crippen LogP contribution in [-0.4, -0.2) is 15.3 Å². The molecule has 2 aromatic heterocycles. The second kappa shape index (κ2) is 3.60. The second-order valence-electron chi connectivity index (χ2n) is 4.80. The number of phenolic OH excluding ortho intramolecular Hbond substituents is 1. The number of phenols is 1. The average Bonchev–Trinajstić information content (AvgIpc) is 2.91. The van der Waals surface area contributed by atoms with Gasteiger partial charge >= 0.3 is 5.63 Å². The van der Waals surface area contributed by atoms with Crippen LogP contribution in [0.4, 0.5) is 0 Å². The fraction of sp³-hybridized carbons (Fsp3) is 0.0667. The van der Waals surface area contributed by atoms with Crippen molar-refractivity contribution in [3.8, 4) is 5.75 Å². The number of aromatic nitrogens is 2. The second-order valence-corrected chi connectivity index (χ2v) is 4.80. The fourth-order valence-corrected chi connectivity index (χ4v) is 2.63. The van der Waals surface area contributed by atoms with Gasteiger partial charge in [0.25, 0.3) is 0 Å². The zero-order chi connectivity index (χ0) is 13.9. The van der Waals surface area contributed by atoms with Gasteiger partial charge in [-0.2, -0.15) is 5.10 Å². The summed E-state index contributed by atoms with van der Waals surface area (Å²) in [7, 11) is 0. The summed E-state index contributed by atoms with van der Waals surface area (Å²) in [6, 6.07) is 7.11. The maximum atomic E-state index is 12.3. The summed E-state index contributed by atoms with van der Waals surface area (Å²) in [5, 5.41) is 19.4. The molecular formula is C15H10N2O3. The van der Waals surface area contributed by atoms with Crippen LogP contribution in [0.2, 0.25) is 0 Å². The first kappa shape index (κ1) is 11.0. The Hall–Kier alpha value is -2.82. The number of aromatic hydroxyl groups is 1. The lowest BCUT2D eigenvalue weighted by Gasteiger charge is -2.06. The molecule has 0 aliphatic heterocycles. The Bertz CT molecular complexity index is 1040. The minimum absolute atomic E-state index is 0.115. The smallest absolute Gasteiger partial charge is 0.344 e. The van der Waals surface area contributed by atoms with E-state index in [4.69, 9.17) is 4.42 Å². The average molecular weight is 266 g/mol. The highest BCUT2D eigenvalue weighted by atomic mass is 16.4. The largest absolute Gasteiger partial charge is 0.508 e. The van der Waals surface area contributed by atoms with Crippen molar-refractivity contribution in [3.05, 3.63) is 46.4 Å². The van der Waals surface area contributed by atoms with E-state index >= 15 is 0 Å². The standard InChI is InChI=1S/C15H10N2O3/c1-7-12(18)5-3-9-8-2-4-11-10(6-16-17-11)13(8)15(19)20-14(7)9/h2-6,18H,1H3,(H,16,17). The number of rotatable bonds is 0. The zero-order valence-electron chi connectivity index (χ0n) is 10.6. The van der Waals surface area contributed by atoms with Crippen LogP contribution >= 0.6 is 0 Å². The number of nitrogens with one attached hydrogen (secondary N) is 1. The first-order valence-electron chi connectivity index (χ1n) is 6.18. The summed E-state index contributed by atoms with van der Waals surface area (Å²) in [5.74, 6) is 0.115. The number of fused-ring (bicyclic) bond motifs is 5. The Morgan fingerprint density at radius 3 is 2.80 bits per heavy atom. The van der Waals surface area contributed by atoms with E-state index in [9.17, 15) is 9.90 Å². The van der Waals surface area contributed by atoms with E-state index < -0.39 is 5.63 Å². The Kier molecular flexibility index (Phi) is 1.99. The monoisotopic (exact) mass is 266 g/mol. The molecule has 0 spiro atoms. The summed E-state index contributed by atoms with van der Waals surface area (Å²) in [6.45, 7) is 1.73. The van der Waals surface area contributed by atoms with E-state index in [2.05, 4.69) is 10.2 Å². The lowest BCUT2D eigenvalue weighted by molar-refractivity contribution is 0.468. The van der Waals surface area contributed by atoms with Crippen molar-refractivity contribution in [2.45, 2.75) is 6.92 Å². The molecule has 0 bridgehead atoms. The van der Waals surface area contributed by atoms with Crippen LogP contribution in [0.3, 0.4) is 0 Å². The maximum Gasteiger partial charge on any atom is 0.344 e. The molecule has 0 atom stereocenters. The topological polar surface area (TPSA) is 79.1 Å². The van der Waals surface area contributed by atoms with E-state index in [-0.39, 0.29) is 5.75 Å². The van der Waals surface area contributed by atoms with Gasteiger partial charge in [0.1, 0.15) is 11.3 Å². The number of H-pyrrole nitrogens is 1. The van der Waals surface area contributed by atoms with Crippen molar-refractivity contribution in [3.63, 3.8) is 0 Å². The third-order valence-corrected chi connectivity index (χ3v) is 3.69. The first-order valence-corrected chi connectivity index (χ1v) is 6.18. The number of nitrogens with zero attached hydrogens (tertiary/aromatic N) is 1. The number of aromatic amines is 1. The predicted molar refractivity (Wildman–Crippen MR) is 76.0 cm³/mol. The number of aryl methyl sites for hydroxylation is 1. The van der Waals surface area contributed by atoms with Gasteiger partial charge in [-0.3, -0.25) is 5.10 Å². The summed E-state index contributed by atoms with van der Waals surface area (Å²) in [5.41, 5.74) is 1.35. The normalized spacial score (nSPS) is 11.7. The van der Waals surface area contributed by atoms with Crippen LogP contribution < -0.4 is 5.63 Å². The Morgan fingerprint density at radius 1 is 1.15 bits per heavy atom. The molecule has 0 aliphatic rings. The van der Waals surface area contributed by atoms with Crippen molar-refractivity contribution >= 4 is 32.6 Å².